The molecule has 5 atom stereocenters. The molecule has 0 aliphatic rings. The van der Waals surface area contributed by atoms with Gasteiger partial charge in [0.05, 0.1) is 26.4 Å². The molecule has 0 bridgehead atoms. The van der Waals surface area contributed by atoms with Crippen LogP contribution in [0.4, 0.5) is 0 Å². The number of allylic oxidation sites excluding steroid dienone is 44. The second-order valence-electron chi connectivity index (χ2n) is 26.9. The standard InChI is InChI=1S/C97H146O17P2/c1-5-9-13-17-21-25-29-33-37-41-45-49-53-57-61-65-69-73-77-81-94(99)107-87-92(113-96(101)83-79-75-71-67-63-59-55-51-47-43-39-35-31-27-23-19-15-11-7-3)89-111-115(103,104)109-85-91(98)86-110-116(105,106)112-90-93(114-97(102)84-80-76-72-68-64-60-56-52-48-44-40-36-32-28-24-20-16-12-8-4)88-108-95(100)82-78-74-70-66-62-58-54-50-46-42-38-34-30-26-22-18-14-10-6-2/h9,11,13,15,21-28,33-40,45-52,57-64,69-76,91-93,98H,5-8,10,12,14,16-20,29-32,41-44,53-56,65-68,77-90H2,1-4H3,(H,103,104)(H,105,106)/b13-9-,15-11-,25-21-,26-22-,27-23-,28-24-,37-33-,38-34-,39-35-,40-36-,49-45-,50-46-,51-47-,52-48-,61-57-,62-58-,63-59-,64-60-,73-69-,74-70-,75-71-,76-72-/t91-,92-,93-/m1/s1. The van der Waals surface area contributed by atoms with E-state index in [9.17, 15) is 43.2 Å². The van der Waals surface area contributed by atoms with E-state index in [4.69, 9.17) is 37.0 Å². The van der Waals surface area contributed by atoms with E-state index in [1.54, 1.807) is 0 Å². The van der Waals surface area contributed by atoms with Crippen molar-refractivity contribution in [3.63, 3.8) is 0 Å². The van der Waals surface area contributed by atoms with Crippen molar-refractivity contribution in [2.75, 3.05) is 39.6 Å². The molecular weight excluding hydrogens is 1500 g/mol. The van der Waals surface area contributed by atoms with Crippen molar-refractivity contribution < 1.29 is 80.2 Å². The summed E-state index contributed by atoms with van der Waals surface area (Å²) in [6.45, 7) is 4.19. The summed E-state index contributed by atoms with van der Waals surface area (Å²) in [4.78, 5) is 73.2. The molecule has 0 saturated carbocycles. The fraction of sp³-hybridized carbons (Fsp3) is 0.505. The van der Waals surface area contributed by atoms with E-state index in [0.717, 1.165) is 116 Å². The molecule has 0 heterocycles. The molecule has 0 radical (unpaired) electrons. The Bertz CT molecular complexity index is 3260. The molecule has 3 N–H and O–H groups in total. The predicted octanol–water partition coefficient (Wildman–Crippen LogP) is 25.9. The highest BCUT2D eigenvalue weighted by Crippen LogP contribution is 2.45. The summed E-state index contributed by atoms with van der Waals surface area (Å²) in [5.74, 6) is -2.61. The first-order valence-electron chi connectivity index (χ1n) is 42.6. The van der Waals surface area contributed by atoms with Crippen molar-refractivity contribution >= 4 is 39.5 Å². The van der Waals surface area contributed by atoms with Gasteiger partial charge < -0.3 is 33.8 Å². The summed E-state index contributed by atoms with van der Waals surface area (Å²) in [7, 11) is -10.1. The van der Waals surface area contributed by atoms with E-state index in [0.29, 0.717) is 51.4 Å². The maximum Gasteiger partial charge on any atom is 0.472 e. The number of phosphoric acid groups is 2. The monoisotopic (exact) mass is 1650 g/mol. The van der Waals surface area contributed by atoms with Gasteiger partial charge >= 0.3 is 39.5 Å². The Morgan fingerprint density at radius 1 is 0.250 bits per heavy atom. The Morgan fingerprint density at radius 2 is 0.440 bits per heavy atom. The molecule has 0 amide bonds. The van der Waals surface area contributed by atoms with Gasteiger partial charge in [-0.25, -0.2) is 9.13 Å². The highest BCUT2D eigenvalue weighted by Gasteiger charge is 2.30. The highest BCUT2D eigenvalue weighted by molar-refractivity contribution is 7.47. The number of esters is 4. The average molecular weight is 1650 g/mol. The third-order valence-electron chi connectivity index (χ3n) is 16.2. The van der Waals surface area contributed by atoms with E-state index < -0.39 is 97.5 Å². The molecule has 0 rings (SSSR count). The number of unbranched alkanes of at least 4 members (excludes halogenated alkanes) is 6. The Kier molecular flexibility index (Phi) is 79.6. The predicted molar refractivity (Wildman–Crippen MR) is 481 cm³/mol. The number of carbonyl (C=O) groups excluding carboxylic acids is 4. The summed E-state index contributed by atoms with van der Waals surface area (Å²) < 4.78 is 68.4. The molecule has 0 aromatic rings. The molecule has 0 saturated heterocycles. The van der Waals surface area contributed by atoms with Gasteiger partial charge in [-0.1, -0.05) is 321 Å². The number of carbonyl (C=O) groups is 4. The van der Waals surface area contributed by atoms with Crippen molar-refractivity contribution in [2.24, 2.45) is 0 Å². The van der Waals surface area contributed by atoms with E-state index >= 15 is 0 Å². The summed E-state index contributed by atoms with van der Waals surface area (Å²) in [5.41, 5.74) is 0. The number of hydrogen-bond acceptors (Lipinski definition) is 15. The van der Waals surface area contributed by atoms with E-state index in [2.05, 4.69) is 222 Å². The fourth-order valence-electron chi connectivity index (χ4n) is 9.82. The van der Waals surface area contributed by atoms with Gasteiger partial charge in [-0.05, 0) is 180 Å². The minimum atomic E-state index is -5.05. The lowest BCUT2D eigenvalue weighted by atomic mass is 10.2. The van der Waals surface area contributed by atoms with Gasteiger partial charge in [0, 0.05) is 25.7 Å². The van der Waals surface area contributed by atoms with Gasteiger partial charge in [0.1, 0.15) is 19.3 Å². The van der Waals surface area contributed by atoms with Gasteiger partial charge in [0.15, 0.2) is 12.2 Å². The summed E-state index contributed by atoms with van der Waals surface area (Å²) in [5, 5.41) is 10.7. The topological polar surface area (TPSA) is 237 Å². The van der Waals surface area contributed by atoms with Gasteiger partial charge in [-0.3, -0.25) is 37.3 Å². The first kappa shape index (κ1) is 108. The van der Waals surface area contributed by atoms with Gasteiger partial charge in [-0.15, -0.1) is 0 Å². The molecule has 0 spiro atoms. The summed E-state index contributed by atoms with van der Waals surface area (Å²) in [6.07, 6.45) is 116. The van der Waals surface area contributed by atoms with Crippen LogP contribution in [0, 0.1) is 0 Å². The van der Waals surface area contributed by atoms with Crippen LogP contribution in [0.5, 0.6) is 0 Å². The molecular formula is C97H146O17P2. The number of hydrogen-bond donors (Lipinski definition) is 3. The lowest BCUT2D eigenvalue weighted by Crippen LogP contribution is -2.30. The molecule has 0 aliphatic heterocycles. The maximum absolute atomic E-state index is 13.1. The van der Waals surface area contributed by atoms with Crippen molar-refractivity contribution in [3.8, 4) is 0 Å². The molecule has 2 unspecified atom stereocenters. The van der Waals surface area contributed by atoms with Crippen LogP contribution in [-0.2, 0) is 65.4 Å². The number of aliphatic hydroxyl groups is 1. The SMILES string of the molecule is CC/C=C\C/C=C\C/C=C\C/C=C\C/C=C\C/C=C\CCC(=O)OC[C@H](COP(=O)(O)OC[C@@H](O)COP(=O)(O)OC[C@@H](COC(=O)CC/C=C\C/C=C\C/C=C\C/C=C\C/C=C\CCCCC)OC(=O)CC/C=C\C/C=C\C/C=C\C/C=C\C/C=C\CCCCC)OC(=O)CC/C=C\C/C=C\C/C=C\C/C=C\C/C=C\C/C=C\CC. The minimum Gasteiger partial charge on any atom is -0.462 e. The van der Waals surface area contributed by atoms with E-state index in [-0.39, 0.29) is 25.7 Å². The van der Waals surface area contributed by atoms with Gasteiger partial charge in [0.25, 0.3) is 0 Å². The van der Waals surface area contributed by atoms with Crippen LogP contribution < -0.4 is 0 Å². The molecule has 19 heteroatoms. The fourth-order valence-corrected chi connectivity index (χ4v) is 11.4. The zero-order chi connectivity index (χ0) is 84.5. The average Bonchev–Trinajstić information content (AvgIpc) is 0.898. The molecule has 0 aromatic carbocycles. The highest BCUT2D eigenvalue weighted by atomic mass is 31.2. The number of rotatable bonds is 76. The second kappa shape index (κ2) is 85.2. The first-order chi connectivity index (χ1) is 56.7. The van der Waals surface area contributed by atoms with Crippen LogP contribution in [0.25, 0.3) is 0 Å². The smallest absolute Gasteiger partial charge is 0.462 e. The Hall–Kier alpha value is -7.66. The van der Waals surface area contributed by atoms with E-state index in [1.165, 1.54) is 38.5 Å². The second-order valence-corrected chi connectivity index (χ2v) is 29.8. The van der Waals surface area contributed by atoms with Crippen LogP contribution >= 0.6 is 15.6 Å². The molecule has 0 fully saturated rings. The van der Waals surface area contributed by atoms with Crippen molar-refractivity contribution in [1.82, 2.24) is 0 Å². The zero-order valence-electron chi connectivity index (χ0n) is 70.8. The minimum absolute atomic E-state index is 0.00373. The summed E-state index contributed by atoms with van der Waals surface area (Å²) >= 11 is 0. The Balaban J connectivity index is 5.70. The van der Waals surface area contributed by atoms with Crippen molar-refractivity contribution in [2.45, 2.75) is 277 Å². The van der Waals surface area contributed by atoms with Gasteiger partial charge in [-0.2, -0.15) is 0 Å². The third-order valence-corrected chi connectivity index (χ3v) is 18.1. The lowest BCUT2D eigenvalue weighted by molar-refractivity contribution is -0.161. The van der Waals surface area contributed by atoms with E-state index in [1.807, 2.05) is 72.9 Å². The van der Waals surface area contributed by atoms with Crippen LogP contribution in [-0.4, -0.2) is 96.7 Å². The van der Waals surface area contributed by atoms with Gasteiger partial charge in [0.2, 0.25) is 0 Å². The quantitative estimate of drug-likeness (QED) is 0.0169. The Morgan fingerprint density at radius 3 is 0.655 bits per heavy atom. The maximum atomic E-state index is 13.1. The van der Waals surface area contributed by atoms with Crippen LogP contribution in [0.2, 0.25) is 0 Å². The van der Waals surface area contributed by atoms with Crippen LogP contribution in [0.15, 0.2) is 267 Å². The molecule has 646 valence electrons. The van der Waals surface area contributed by atoms with Crippen molar-refractivity contribution in [3.05, 3.63) is 267 Å². The number of aliphatic hydroxyl groups excluding tert-OH is 1. The Labute approximate surface area is 700 Å². The number of phosphoric ester groups is 2. The first-order valence-corrected chi connectivity index (χ1v) is 45.6. The third kappa shape index (κ3) is 84.3. The zero-order valence-corrected chi connectivity index (χ0v) is 72.6. The number of ether oxygens (including phenoxy) is 4. The lowest BCUT2D eigenvalue weighted by Gasteiger charge is -2.21. The molecule has 17 nitrogen and oxygen atoms in total. The molecule has 116 heavy (non-hydrogen) atoms. The van der Waals surface area contributed by atoms with Crippen molar-refractivity contribution in [1.29, 1.82) is 0 Å². The van der Waals surface area contributed by atoms with Crippen LogP contribution in [0.3, 0.4) is 0 Å². The van der Waals surface area contributed by atoms with Crippen LogP contribution in [0.1, 0.15) is 259 Å². The molecule has 0 aliphatic carbocycles. The summed E-state index contributed by atoms with van der Waals surface area (Å²) in [6, 6.07) is 0. The molecule has 0 aromatic heterocycles. The largest absolute Gasteiger partial charge is 0.472 e. The normalized spacial score (nSPS) is 15.1.